The van der Waals surface area contributed by atoms with Crippen molar-refractivity contribution in [3.8, 4) is 11.5 Å². The van der Waals surface area contributed by atoms with E-state index in [4.69, 9.17) is 15.2 Å². The number of halogens is 2. The van der Waals surface area contributed by atoms with Gasteiger partial charge < -0.3 is 20.5 Å². The van der Waals surface area contributed by atoms with Crippen LogP contribution in [0, 0.1) is 11.6 Å². The monoisotopic (exact) mass is 280 g/mol. The Balaban J connectivity index is 2.42. The number of nitrogens with two attached hydrogens (primary N) is 1. The molecule has 106 valence electrons. The quantitative estimate of drug-likeness (QED) is 0.844. The molecule has 0 saturated carbocycles. The van der Waals surface area contributed by atoms with Crippen molar-refractivity contribution in [2.75, 3.05) is 25.3 Å². The minimum Gasteiger partial charge on any atom is -0.497 e. The molecule has 0 bridgehead atoms. The van der Waals surface area contributed by atoms with Crippen molar-refractivity contribution in [2.45, 2.75) is 0 Å². The molecule has 2 aromatic carbocycles. The van der Waals surface area contributed by atoms with Gasteiger partial charge in [0.2, 0.25) is 0 Å². The molecule has 0 fully saturated rings. The number of nitrogens with one attached hydrogen (secondary N) is 1. The molecule has 0 heterocycles. The van der Waals surface area contributed by atoms with Gasteiger partial charge in [0.1, 0.15) is 17.2 Å². The third kappa shape index (κ3) is 2.74. The molecule has 0 aliphatic rings. The fourth-order valence-corrected chi connectivity index (χ4v) is 1.72. The molecule has 0 amide bonds. The first-order chi connectivity index (χ1) is 9.55. The Morgan fingerprint density at radius 3 is 2.15 bits per heavy atom. The van der Waals surface area contributed by atoms with Gasteiger partial charge in [0.15, 0.2) is 11.6 Å². The molecular weight excluding hydrogens is 266 g/mol. The fraction of sp³-hybridized carbons (Fsp3) is 0.143. The lowest BCUT2D eigenvalue weighted by Crippen LogP contribution is -2.02. The van der Waals surface area contributed by atoms with Gasteiger partial charge in [-0.2, -0.15) is 0 Å². The zero-order chi connectivity index (χ0) is 14.7. The Labute approximate surface area is 115 Å². The summed E-state index contributed by atoms with van der Waals surface area (Å²) in [4.78, 5) is 0. The minimum absolute atomic E-state index is 0.102. The molecule has 0 unspecified atom stereocenters. The van der Waals surface area contributed by atoms with E-state index in [2.05, 4.69) is 5.32 Å². The van der Waals surface area contributed by atoms with E-state index in [0.29, 0.717) is 17.2 Å². The minimum atomic E-state index is -1.04. The van der Waals surface area contributed by atoms with Crippen molar-refractivity contribution in [3.63, 3.8) is 0 Å². The van der Waals surface area contributed by atoms with Crippen LogP contribution in [0.1, 0.15) is 0 Å². The van der Waals surface area contributed by atoms with Crippen molar-refractivity contribution in [1.29, 1.82) is 0 Å². The van der Waals surface area contributed by atoms with E-state index in [1.54, 1.807) is 18.2 Å². The average molecular weight is 280 g/mol. The molecule has 2 rings (SSSR count). The second kappa shape index (κ2) is 5.64. The van der Waals surface area contributed by atoms with Crippen LogP contribution in [0.2, 0.25) is 0 Å². The van der Waals surface area contributed by atoms with Crippen molar-refractivity contribution >= 4 is 17.1 Å². The smallest absolute Gasteiger partial charge is 0.184 e. The largest absolute Gasteiger partial charge is 0.497 e. The predicted octanol–water partition coefficient (Wildman–Crippen LogP) is 3.31. The number of benzene rings is 2. The van der Waals surface area contributed by atoms with E-state index < -0.39 is 11.6 Å². The molecule has 0 atom stereocenters. The topological polar surface area (TPSA) is 56.5 Å². The highest BCUT2D eigenvalue weighted by Crippen LogP contribution is 2.32. The number of anilines is 3. The molecule has 0 spiro atoms. The Morgan fingerprint density at radius 1 is 1.00 bits per heavy atom. The lowest BCUT2D eigenvalue weighted by molar-refractivity contribution is 0.395. The van der Waals surface area contributed by atoms with Crippen molar-refractivity contribution < 1.29 is 18.3 Å². The van der Waals surface area contributed by atoms with Gasteiger partial charge in [0.25, 0.3) is 0 Å². The van der Waals surface area contributed by atoms with Crippen LogP contribution in [0.5, 0.6) is 11.5 Å². The van der Waals surface area contributed by atoms with Crippen LogP contribution < -0.4 is 20.5 Å². The molecular formula is C14H14F2N2O2. The highest BCUT2D eigenvalue weighted by atomic mass is 19.2. The Morgan fingerprint density at radius 2 is 1.60 bits per heavy atom. The zero-order valence-electron chi connectivity index (χ0n) is 11.0. The van der Waals surface area contributed by atoms with E-state index in [1.165, 1.54) is 20.3 Å². The third-order valence-corrected chi connectivity index (χ3v) is 2.75. The van der Waals surface area contributed by atoms with E-state index in [1.807, 2.05) is 0 Å². The van der Waals surface area contributed by atoms with Crippen LogP contribution >= 0.6 is 0 Å². The fourth-order valence-electron chi connectivity index (χ4n) is 1.72. The summed E-state index contributed by atoms with van der Waals surface area (Å²) < 4.78 is 37.2. The van der Waals surface area contributed by atoms with Gasteiger partial charge in [-0.1, -0.05) is 0 Å². The molecule has 4 nitrogen and oxygen atoms in total. The lowest BCUT2D eigenvalue weighted by Gasteiger charge is -2.13. The summed E-state index contributed by atoms with van der Waals surface area (Å²) in [5, 5.41) is 2.73. The first kappa shape index (κ1) is 13.9. The second-order valence-corrected chi connectivity index (χ2v) is 4.05. The van der Waals surface area contributed by atoms with Gasteiger partial charge in [0.05, 0.1) is 19.9 Å². The van der Waals surface area contributed by atoms with Crippen LogP contribution in [-0.4, -0.2) is 14.2 Å². The SMILES string of the molecule is COc1cc(Nc2c(N)ccc(F)c2F)cc(OC)c1. The van der Waals surface area contributed by atoms with Gasteiger partial charge in [0, 0.05) is 23.9 Å². The summed E-state index contributed by atoms with van der Waals surface area (Å²) in [5.74, 6) is -0.979. The summed E-state index contributed by atoms with van der Waals surface area (Å²) in [5.41, 5.74) is 6.10. The Hall–Kier alpha value is -2.50. The first-order valence-electron chi connectivity index (χ1n) is 5.78. The number of ether oxygens (including phenoxy) is 2. The molecule has 3 N–H and O–H groups in total. The molecule has 20 heavy (non-hydrogen) atoms. The standard InChI is InChI=1S/C14H14F2N2O2/c1-19-9-5-8(6-10(7-9)20-2)18-14-12(17)4-3-11(15)13(14)16/h3-7,18H,17H2,1-2H3. The van der Waals surface area contributed by atoms with E-state index in [0.717, 1.165) is 6.07 Å². The molecule has 0 aromatic heterocycles. The molecule has 0 saturated heterocycles. The molecule has 0 radical (unpaired) electrons. The molecule has 0 aliphatic carbocycles. The lowest BCUT2D eigenvalue weighted by atomic mass is 10.2. The zero-order valence-corrected chi connectivity index (χ0v) is 11.0. The maximum atomic E-state index is 13.7. The van der Waals surface area contributed by atoms with Gasteiger partial charge in [-0.15, -0.1) is 0 Å². The van der Waals surface area contributed by atoms with Crippen LogP contribution in [0.3, 0.4) is 0 Å². The van der Waals surface area contributed by atoms with Gasteiger partial charge in [-0.25, -0.2) is 8.78 Å². The summed E-state index contributed by atoms with van der Waals surface area (Å²) in [6, 6.07) is 7.16. The second-order valence-electron chi connectivity index (χ2n) is 4.05. The number of rotatable bonds is 4. The van der Waals surface area contributed by atoms with Crippen LogP contribution in [0.25, 0.3) is 0 Å². The van der Waals surface area contributed by atoms with Crippen molar-refractivity contribution in [1.82, 2.24) is 0 Å². The molecule has 0 aliphatic heterocycles. The van der Waals surface area contributed by atoms with E-state index >= 15 is 0 Å². The summed E-state index contributed by atoms with van der Waals surface area (Å²) in [6.45, 7) is 0. The third-order valence-electron chi connectivity index (χ3n) is 2.75. The Bertz CT molecular complexity index is 611. The maximum absolute atomic E-state index is 13.7. The average Bonchev–Trinajstić information content (AvgIpc) is 2.47. The van der Waals surface area contributed by atoms with Crippen molar-refractivity contribution in [2.24, 2.45) is 0 Å². The predicted molar refractivity (Wildman–Crippen MR) is 73.6 cm³/mol. The number of hydrogen-bond acceptors (Lipinski definition) is 4. The van der Waals surface area contributed by atoms with E-state index in [9.17, 15) is 8.78 Å². The molecule has 6 heteroatoms. The summed E-state index contributed by atoms with van der Waals surface area (Å²) in [7, 11) is 2.99. The summed E-state index contributed by atoms with van der Waals surface area (Å²) >= 11 is 0. The van der Waals surface area contributed by atoms with Gasteiger partial charge in [-0.3, -0.25) is 0 Å². The Kier molecular flexibility index (Phi) is 3.93. The van der Waals surface area contributed by atoms with Gasteiger partial charge in [-0.05, 0) is 12.1 Å². The number of hydrogen-bond donors (Lipinski definition) is 2. The highest BCUT2D eigenvalue weighted by molar-refractivity contribution is 5.74. The molecule has 2 aromatic rings. The number of methoxy groups -OCH3 is 2. The number of nitrogen functional groups attached to an aromatic ring is 1. The van der Waals surface area contributed by atoms with Crippen LogP contribution in [-0.2, 0) is 0 Å². The normalized spacial score (nSPS) is 10.2. The maximum Gasteiger partial charge on any atom is 0.184 e. The van der Waals surface area contributed by atoms with Crippen molar-refractivity contribution in [3.05, 3.63) is 42.0 Å². The van der Waals surface area contributed by atoms with Gasteiger partial charge >= 0.3 is 0 Å². The first-order valence-corrected chi connectivity index (χ1v) is 5.78. The highest BCUT2D eigenvalue weighted by Gasteiger charge is 2.13. The van der Waals surface area contributed by atoms with E-state index in [-0.39, 0.29) is 11.4 Å². The van der Waals surface area contributed by atoms with Crippen LogP contribution in [0.15, 0.2) is 30.3 Å². The van der Waals surface area contributed by atoms with Crippen LogP contribution in [0.4, 0.5) is 25.8 Å². The summed E-state index contributed by atoms with van der Waals surface area (Å²) in [6.07, 6.45) is 0.